The smallest absolute Gasteiger partial charge is 0.255 e. The molecule has 0 fully saturated rings. The molecule has 0 radical (unpaired) electrons. The fourth-order valence-electron chi connectivity index (χ4n) is 1.44. The molecule has 1 amide bonds. The summed E-state index contributed by atoms with van der Waals surface area (Å²) in [6.45, 7) is 0. The largest absolute Gasteiger partial charge is 0.398 e. The lowest BCUT2D eigenvalue weighted by molar-refractivity contribution is 0.102. The average Bonchev–Trinajstić information content (AvgIpc) is 2.32. The Morgan fingerprint density at radius 1 is 1.11 bits per heavy atom. The third kappa shape index (κ3) is 3.11. The van der Waals surface area contributed by atoms with Crippen LogP contribution in [0.25, 0.3) is 0 Å². The molecule has 2 rings (SSSR count). The third-order valence-electron chi connectivity index (χ3n) is 2.35. The van der Waals surface area contributed by atoms with Crippen molar-refractivity contribution < 1.29 is 4.79 Å². The Labute approximate surface area is 122 Å². The van der Waals surface area contributed by atoms with Gasteiger partial charge in [0.1, 0.15) is 0 Å². The Morgan fingerprint density at radius 3 is 2.56 bits per heavy atom. The maximum atomic E-state index is 12.0. The average molecular weight is 370 g/mol. The molecule has 92 valence electrons. The summed E-state index contributed by atoms with van der Waals surface area (Å²) in [4.78, 5) is 12.0. The topological polar surface area (TPSA) is 55.1 Å². The predicted molar refractivity (Wildman–Crippen MR) is 80.6 cm³/mol. The molecule has 3 N–H and O–H groups in total. The molecule has 5 heteroatoms. The molecule has 3 nitrogen and oxygen atoms in total. The zero-order valence-electron chi connectivity index (χ0n) is 9.28. The third-order valence-corrected chi connectivity index (χ3v) is 3.53. The number of carbonyl (C=O) groups excluding carboxylic acids is 1. The summed E-state index contributed by atoms with van der Waals surface area (Å²) in [6.07, 6.45) is 0. The van der Waals surface area contributed by atoms with E-state index in [-0.39, 0.29) is 5.91 Å². The van der Waals surface area contributed by atoms with Crippen molar-refractivity contribution in [3.8, 4) is 0 Å². The van der Waals surface area contributed by atoms with Crippen molar-refractivity contribution in [1.29, 1.82) is 0 Å². The fraction of sp³-hybridized carbons (Fsp3) is 0. The molecule has 0 saturated heterocycles. The summed E-state index contributed by atoms with van der Waals surface area (Å²) in [7, 11) is 0. The Morgan fingerprint density at radius 2 is 1.89 bits per heavy atom. The van der Waals surface area contributed by atoms with E-state index in [9.17, 15) is 4.79 Å². The van der Waals surface area contributed by atoms with E-state index in [1.54, 1.807) is 18.2 Å². The minimum absolute atomic E-state index is 0.172. The van der Waals surface area contributed by atoms with Crippen LogP contribution in [0.4, 0.5) is 11.4 Å². The first kappa shape index (κ1) is 13.1. The van der Waals surface area contributed by atoms with Crippen LogP contribution in [0.15, 0.2) is 51.4 Å². The van der Waals surface area contributed by atoms with Crippen molar-refractivity contribution in [1.82, 2.24) is 0 Å². The quantitative estimate of drug-likeness (QED) is 0.784. The number of anilines is 2. The van der Waals surface area contributed by atoms with Crippen LogP contribution in [0.2, 0.25) is 0 Å². The van der Waals surface area contributed by atoms with Crippen LogP contribution in [0.1, 0.15) is 10.4 Å². The molecule has 0 unspecified atom stereocenters. The van der Waals surface area contributed by atoms with Crippen molar-refractivity contribution in [3.05, 3.63) is 57.0 Å². The van der Waals surface area contributed by atoms with Gasteiger partial charge in [-0.1, -0.05) is 22.0 Å². The zero-order chi connectivity index (χ0) is 13.1. The molecule has 2 aromatic carbocycles. The molecule has 0 aliphatic heterocycles. The highest BCUT2D eigenvalue weighted by atomic mass is 79.9. The Balaban J connectivity index is 2.19. The van der Waals surface area contributed by atoms with Gasteiger partial charge in [-0.05, 0) is 52.3 Å². The van der Waals surface area contributed by atoms with E-state index < -0.39 is 0 Å². The van der Waals surface area contributed by atoms with Crippen LogP contribution < -0.4 is 11.1 Å². The van der Waals surface area contributed by atoms with Crippen molar-refractivity contribution in [2.45, 2.75) is 0 Å². The number of halogens is 2. The maximum absolute atomic E-state index is 12.0. The molecule has 2 aromatic rings. The first-order valence-electron chi connectivity index (χ1n) is 5.18. The summed E-state index contributed by atoms with van der Waals surface area (Å²) in [6, 6.07) is 12.5. The van der Waals surface area contributed by atoms with E-state index in [4.69, 9.17) is 5.73 Å². The van der Waals surface area contributed by atoms with Crippen molar-refractivity contribution in [2.75, 3.05) is 11.1 Å². The molecule has 0 aliphatic rings. The summed E-state index contributed by atoms with van der Waals surface area (Å²) in [5, 5.41) is 2.82. The van der Waals surface area contributed by atoms with Crippen molar-refractivity contribution >= 4 is 49.1 Å². The summed E-state index contributed by atoms with van der Waals surface area (Å²) in [5.74, 6) is -0.172. The Kier molecular flexibility index (Phi) is 4.04. The molecular formula is C13H10Br2N2O. The van der Waals surface area contributed by atoms with Gasteiger partial charge < -0.3 is 11.1 Å². The van der Waals surface area contributed by atoms with Gasteiger partial charge in [-0.3, -0.25) is 4.79 Å². The van der Waals surface area contributed by atoms with Crippen molar-refractivity contribution in [2.24, 2.45) is 0 Å². The van der Waals surface area contributed by atoms with Crippen LogP contribution in [0.3, 0.4) is 0 Å². The summed E-state index contributed by atoms with van der Waals surface area (Å²) >= 11 is 6.65. The van der Waals surface area contributed by atoms with E-state index in [1.807, 2.05) is 24.3 Å². The number of hydrogen-bond acceptors (Lipinski definition) is 2. The van der Waals surface area contributed by atoms with E-state index >= 15 is 0 Å². The monoisotopic (exact) mass is 368 g/mol. The summed E-state index contributed by atoms with van der Waals surface area (Å²) < 4.78 is 1.63. The molecule has 0 atom stereocenters. The van der Waals surface area contributed by atoms with E-state index in [1.165, 1.54) is 0 Å². The van der Waals surface area contributed by atoms with Gasteiger partial charge in [0, 0.05) is 25.9 Å². The van der Waals surface area contributed by atoms with Gasteiger partial charge in [-0.15, -0.1) is 0 Å². The minimum Gasteiger partial charge on any atom is -0.398 e. The van der Waals surface area contributed by atoms with Gasteiger partial charge in [0.15, 0.2) is 0 Å². The molecule has 0 bridgehead atoms. The second-order valence-electron chi connectivity index (χ2n) is 3.70. The minimum atomic E-state index is -0.172. The lowest BCUT2D eigenvalue weighted by atomic mass is 10.2. The van der Waals surface area contributed by atoms with Gasteiger partial charge in [-0.25, -0.2) is 0 Å². The SMILES string of the molecule is Nc1ccc(C(=O)Nc2cccc(Br)c2)cc1Br. The van der Waals surface area contributed by atoms with Crippen LogP contribution >= 0.6 is 31.9 Å². The van der Waals surface area contributed by atoms with E-state index in [0.717, 1.165) is 10.2 Å². The first-order chi connectivity index (χ1) is 8.56. The van der Waals surface area contributed by atoms with Crippen LogP contribution in [0.5, 0.6) is 0 Å². The normalized spacial score (nSPS) is 10.1. The number of rotatable bonds is 2. The summed E-state index contributed by atoms with van der Waals surface area (Å²) in [5.41, 5.74) is 7.57. The number of nitrogens with one attached hydrogen (secondary N) is 1. The predicted octanol–water partition coefficient (Wildman–Crippen LogP) is 4.05. The van der Waals surface area contributed by atoms with Gasteiger partial charge >= 0.3 is 0 Å². The number of benzene rings is 2. The highest BCUT2D eigenvalue weighted by Gasteiger charge is 2.07. The zero-order valence-corrected chi connectivity index (χ0v) is 12.5. The van der Waals surface area contributed by atoms with Crippen LogP contribution in [-0.4, -0.2) is 5.91 Å². The Hall–Kier alpha value is -1.33. The van der Waals surface area contributed by atoms with Gasteiger partial charge in [0.25, 0.3) is 5.91 Å². The van der Waals surface area contributed by atoms with E-state index in [0.29, 0.717) is 15.7 Å². The number of hydrogen-bond donors (Lipinski definition) is 2. The lowest BCUT2D eigenvalue weighted by Gasteiger charge is -2.07. The van der Waals surface area contributed by atoms with Crippen LogP contribution in [-0.2, 0) is 0 Å². The molecule has 18 heavy (non-hydrogen) atoms. The number of amides is 1. The molecular weight excluding hydrogens is 360 g/mol. The van der Waals surface area contributed by atoms with E-state index in [2.05, 4.69) is 37.2 Å². The number of nitrogens with two attached hydrogens (primary N) is 1. The van der Waals surface area contributed by atoms with Crippen LogP contribution in [0, 0.1) is 0 Å². The molecule has 0 heterocycles. The molecule has 0 aliphatic carbocycles. The highest BCUT2D eigenvalue weighted by molar-refractivity contribution is 9.10. The lowest BCUT2D eigenvalue weighted by Crippen LogP contribution is -2.11. The molecule has 0 spiro atoms. The van der Waals surface area contributed by atoms with Gasteiger partial charge in [0.2, 0.25) is 0 Å². The second kappa shape index (κ2) is 5.54. The molecule has 0 aromatic heterocycles. The second-order valence-corrected chi connectivity index (χ2v) is 5.47. The standard InChI is InChI=1S/C13H10Br2N2O/c14-9-2-1-3-10(7-9)17-13(18)8-4-5-12(16)11(15)6-8/h1-7H,16H2,(H,17,18). The van der Waals surface area contributed by atoms with Crippen molar-refractivity contribution in [3.63, 3.8) is 0 Å². The molecule has 0 saturated carbocycles. The highest BCUT2D eigenvalue weighted by Crippen LogP contribution is 2.21. The Bertz CT molecular complexity index is 599. The van der Waals surface area contributed by atoms with Gasteiger partial charge in [0.05, 0.1) is 0 Å². The maximum Gasteiger partial charge on any atom is 0.255 e. The first-order valence-corrected chi connectivity index (χ1v) is 6.77. The number of carbonyl (C=O) groups is 1. The van der Waals surface area contributed by atoms with Gasteiger partial charge in [-0.2, -0.15) is 0 Å². The fourth-order valence-corrected chi connectivity index (χ4v) is 2.22. The number of nitrogen functional groups attached to an aromatic ring is 1.